The molecule has 0 radical (unpaired) electrons. The van der Waals surface area contributed by atoms with Crippen molar-refractivity contribution in [2.75, 3.05) is 0 Å². The minimum Gasteiger partial charge on any atom is -0.456 e. The summed E-state index contributed by atoms with van der Waals surface area (Å²) in [4.78, 5) is 0. The average molecular weight is 729 g/mol. The molecule has 8 aromatic carbocycles. The molecule has 1 aliphatic carbocycles. The predicted molar refractivity (Wildman–Crippen MR) is 238 cm³/mol. The number of hydrogen-bond acceptors (Lipinski definition) is 1. The molecule has 3 aromatic heterocycles. The summed E-state index contributed by atoms with van der Waals surface area (Å²) in [6, 6.07) is 68.6. The summed E-state index contributed by atoms with van der Waals surface area (Å²) in [5.41, 5.74) is 15.5. The minimum absolute atomic E-state index is 0.214. The number of allylic oxidation sites excluding steroid dienone is 1. The molecule has 0 amide bonds. The third-order valence-electron chi connectivity index (χ3n) is 12.1. The van der Waals surface area contributed by atoms with E-state index in [2.05, 4.69) is 209 Å². The maximum Gasteiger partial charge on any atom is 0.135 e. The van der Waals surface area contributed by atoms with Gasteiger partial charge in [0.15, 0.2) is 0 Å². The Morgan fingerprint density at radius 1 is 0.404 bits per heavy atom. The lowest BCUT2D eigenvalue weighted by molar-refractivity contribution is 0.590. The van der Waals surface area contributed by atoms with Gasteiger partial charge in [-0.15, -0.1) is 0 Å². The number of hydrogen-bond donors (Lipinski definition) is 0. The first-order chi connectivity index (χ1) is 28.3. The van der Waals surface area contributed by atoms with Crippen LogP contribution in [0.2, 0.25) is 0 Å². The molecule has 3 nitrogen and oxygen atoms in total. The molecule has 1 unspecified atom stereocenters. The Hall–Kier alpha value is -7.36. The Labute approximate surface area is 330 Å². The summed E-state index contributed by atoms with van der Waals surface area (Å²) in [7, 11) is 0. The number of para-hydroxylation sites is 3. The first kappa shape index (κ1) is 31.9. The van der Waals surface area contributed by atoms with E-state index < -0.39 is 0 Å². The maximum atomic E-state index is 6.34. The Kier molecular flexibility index (Phi) is 7.05. The van der Waals surface area contributed by atoms with Crippen molar-refractivity contribution in [1.82, 2.24) is 9.13 Å². The van der Waals surface area contributed by atoms with Gasteiger partial charge in [0.2, 0.25) is 0 Å². The first-order valence-corrected chi connectivity index (χ1v) is 19.8. The zero-order valence-corrected chi connectivity index (χ0v) is 31.1. The van der Waals surface area contributed by atoms with Crippen LogP contribution in [0.25, 0.3) is 94.3 Å². The van der Waals surface area contributed by atoms with Gasteiger partial charge in [0, 0.05) is 49.8 Å². The van der Waals surface area contributed by atoms with Gasteiger partial charge in [-0.25, -0.2) is 0 Å². The van der Waals surface area contributed by atoms with Gasteiger partial charge in [-0.2, -0.15) is 0 Å². The Morgan fingerprint density at radius 3 is 1.67 bits per heavy atom. The van der Waals surface area contributed by atoms with Crippen LogP contribution in [0.3, 0.4) is 0 Å². The van der Waals surface area contributed by atoms with Gasteiger partial charge < -0.3 is 13.6 Å². The van der Waals surface area contributed by atoms with Crippen LogP contribution in [-0.2, 0) is 0 Å². The molecular formula is C54H36N2O. The zero-order chi connectivity index (χ0) is 37.5. The van der Waals surface area contributed by atoms with Gasteiger partial charge in [0.1, 0.15) is 11.3 Å². The summed E-state index contributed by atoms with van der Waals surface area (Å²) in [6.07, 6.45) is 5.35. The van der Waals surface area contributed by atoms with Crippen LogP contribution < -0.4 is 0 Å². The molecule has 0 bridgehead atoms. The molecule has 1 aliphatic rings. The van der Waals surface area contributed by atoms with E-state index >= 15 is 0 Å². The highest BCUT2D eigenvalue weighted by Crippen LogP contribution is 2.44. The van der Waals surface area contributed by atoms with Crippen molar-refractivity contribution >= 4 is 60.7 Å². The summed E-state index contributed by atoms with van der Waals surface area (Å²) < 4.78 is 11.2. The Bertz CT molecular complexity index is 3360. The third-order valence-corrected chi connectivity index (χ3v) is 12.1. The Balaban J connectivity index is 1.02. The van der Waals surface area contributed by atoms with Crippen molar-refractivity contribution in [3.8, 4) is 33.6 Å². The van der Waals surface area contributed by atoms with Crippen molar-refractivity contribution in [3.05, 3.63) is 211 Å². The molecule has 0 saturated carbocycles. The van der Waals surface area contributed by atoms with Gasteiger partial charge >= 0.3 is 0 Å². The second-order valence-corrected chi connectivity index (χ2v) is 15.2. The van der Waals surface area contributed by atoms with Crippen LogP contribution in [-0.4, -0.2) is 9.13 Å². The summed E-state index contributed by atoms with van der Waals surface area (Å²) in [5, 5.41) is 6.21. The van der Waals surface area contributed by atoms with Crippen LogP contribution in [0.5, 0.6) is 0 Å². The number of rotatable bonds is 5. The van der Waals surface area contributed by atoms with E-state index in [0.29, 0.717) is 0 Å². The number of fused-ring (bicyclic) bond motifs is 9. The summed E-state index contributed by atoms with van der Waals surface area (Å²) >= 11 is 0. The standard InChI is InChI=1S/C54H36N2O/c1-3-12-35(13-4-1)36-22-27-41(28-23-36)56-48-19-9-7-16-43(48)45-32-37(24-29-49(45)56)38-25-30-50-46(33-38)47-34-39(26-31-51(47)55(50)40-14-5-2-6-15-40)42-18-11-21-53-54(42)44-17-8-10-20-52(44)57-53/h1-17,19-34,42H,18H2. The van der Waals surface area contributed by atoms with Crippen molar-refractivity contribution in [1.29, 1.82) is 0 Å². The summed E-state index contributed by atoms with van der Waals surface area (Å²) in [5.74, 6) is 1.19. The average Bonchev–Trinajstić information content (AvgIpc) is 3.94. The molecule has 11 aromatic rings. The zero-order valence-electron chi connectivity index (χ0n) is 31.1. The predicted octanol–water partition coefficient (Wildman–Crippen LogP) is 14.5. The lowest BCUT2D eigenvalue weighted by Crippen LogP contribution is -2.04. The normalized spacial score (nSPS) is 14.0. The van der Waals surface area contributed by atoms with Crippen molar-refractivity contribution < 1.29 is 4.42 Å². The number of benzene rings is 8. The Morgan fingerprint density at radius 2 is 0.930 bits per heavy atom. The van der Waals surface area contributed by atoms with E-state index in [4.69, 9.17) is 4.42 Å². The fourth-order valence-corrected chi connectivity index (χ4v) is 9.46. The SMILES string of the molecule is C1=Cc2oc3ccccc3c2C(c2ccc3c(c2)c2cc(-c4ccc5c(c4)c4ccccc4n5-c4ccc(-c5ccccc5)cc4)ccc2n3-c2ccccc2)C1. The molecule has 1 atom stereocenters. The van der Waals surface area contributed by atoms with E-state index in [1.807, 2.05) is 0 Å². The molecule has 0 fully saturated rings. The van der Waals surface area contributed by atoms with E-state index in [-0.39, 0.29) is 5.92 Å². The van der Waals surface area contributed by atoms with Crippen molar-refractivity contribution in [2.45, 2.75) is 12.3 Å². The second-order valence-electron chi connectivity index (χ2n) is 15.2. The highest BCUT2D eigenvalue weighted by Gasteiger charge is 2.26. The van der Waals surface area contributed by atoms with Gasteiger partial charge in [0.05, 0.1) is 22.1 Å². The molecule has 0 spiro atoms. The van der Waals surface area contributed by atoms with Crippen LogP contribution >= 0.6 is 0 Å². The molecule has 3 heterocycles. The number of nitrogens with zero attached hydrogens (tertiary/aromatic N) is 2. The molecule has 3 heteroatoms. The van der Waals surface area contributed by atoms with Crippen molar-refractivity contribution in [2.24, 2.45) is 0 Å². The monoisotopic (exact) mass is 728 g/mol. The van der Waals surface area contributed by atoms with Crippen LogP contribution in [0, 0.1) is 0 Å². The largest absolute Gasteiger partial charge is 0.456 e. The van der Waals surface area contributed by atoms with Gasteiger partial charge in [-0.1, -0.05) is 121 Å². The fraction of sp³-hybridized carbons (Fsp3) is 0.0370. The lowest BCUT2D eigenvalue weighted by atomic mass is 9.83. The second kappa shape index (κ2) is 12.6. The smallest absolute Gasteiger partial charge is 0.135 e. The first-order valence-electron chi connectivity index (χ1n) is 19.8. The molecule has 0 N–H and O–H groups in total. The van der Waals surface area contributed by atoms with Crippen LogP contribution in [0.15, 0.2) is 199 Å². The van der Waals surface area contributed by atoms with Crippen molar-refractivity contribution in [3.63, 3.8) is 0 Å². The number of aromatic nitrogens is 2. The molecular weight excluding hydrogens is 693 g/mol. The molecule has 268 valence electrons. The quantitative estimate of drug-likeness (QED) is 0.173. The topological polar surface area (TPSA) is 23.0 Å². The van der Waals surface area contributed by atoms with E-state index in [9.17, 15) is 0 Å². The molecule has 57 heavy (non-hydrogen) atoms. The van der Waals surface area contributed by atoms with Crippen LogP contribution in [0.4, 0.5) is 0 Å². The summed E-state index contributed by atoms with van der Waals surface area (Å²) in [6.45, 7) is 0. The van der Waals surface area contributed by atoms with E-state index in [1.165, 1.54) is 82.4 Å². The van der Waals surface area contributed by atoms with Gasteiger partial charge in [0.25, 0.3) is 0 Å². The maximum absolute atomic E-state index is 6.34. The fourth-order valence-electron chi connectivity index (χ4n) is 9.46. The van der Waals surface area contributed by atoms with E-state index in [0.717, 1.165) is 29.1 Å². The van der Waals surface area contributed by atoms with E-state index in [1.54, 1.807) is 0 Å². The number of furan rings is 1. The van der Waals surface area contributed by atoms with Crippen LogP contribution in [0.1, 0.15) is 29.2 Å². The molecule has 0 aliphatic heterocycles. The van der Waals surface area contributed by atoms with Gasteiger partial charge in [-0.3, -0.25) is 0 Å². The van der Waals surface area contributed by atoms with Gasteiger partial charge in [-0.05, 0) is 113 Å². The minimum atomic E-state index is 0.214. The molecule has 0 saturated heterocycles. The lowest BCUT2D eigenvalue weighted by Gasteiger charge is -2.19. The molecule has 12 rings (SSSR count). The highest BCUT2D eigenvalue weighted by atomic mass is 16.3. The third kappa shape index (κ3) is 4.99. The highest BCUT2D eigenvalue weighted by molar-refractivity contribution is 6.13.